The Kier molecular flexibility index (Phi) is 4.78. The van der Waals surface area contributed by atoms with Crippen LogP contribution in [0.3, 0.4) is 0 Å². The molecular weight excluding hydrogens is 154 g/mol. The number of hydrogen-bond acceptors (Lipinski definition) is 2. The van der Waals surface area contributed by atoms with Gasteiger partial charge in [0.25, 0.3) is 5.91 Å². The quantitative estimate of drug-likeness (QED) is 0.616. The van der Waals surface area contributed by atoms with Crippen LogP contribution in [0.5, 0.6) is 0 Å². The lowest BCUT2D eigenvalue weighted by Crippen LogP contribution is -2.30. The minimum Gasteiger partial charge on any atom is -0.338 e. The summed E-state index contributed by atoms with van der Waals surface area (Å²) in [4.78, 5) is 21.7. The summed E-state index contributed by atoms with van der Waals surface area (Å²) in [7, 11) is 0. The highest BCUT2D eigenvalue weighted by molar-refractivity contribution is 5.96. The highest BCUT2D eigenvalue weighted by Crippen LogP contribution is 1.91. The van der Waals surface area contributed by atoms with Crippen LogP contribution < -0.4 is 5.32 Å². The van der Waals surface area contributed by atoms with Gasteiger partial charge in [-0.15, -0.1) is 0 Å². The van der Waals surface area contributed by atoms with Crippen LogP contribution in [0.1, 0.15) is 20.8 Å². The summed E-state index contributed by atoms with van der Waals surface area (Å²) < 4.78 is 0. The maximum atomic E-state index is 11.0. The summed E-state index contributed by atoms with van der Waals surface area (Å²) in [5.41, 5.74) is 0. The Morgan fingerprint density at radius 1 is 1.42 bits per heavy atom. The summed E-state index contributed by atoms with van der Waals surface area (Å²) in [6, 6.07) is 0. The molecule has 0 rings (SSSR count). The predicted molar refractivity (Wildman–Crippen MR) is 46.3 cm³/mol. The Morgan fingerprint density at radius 3 is 2.42 bits per heavy atom. The average Bonchev–Trinajstić information content (AvgIpc) is 2.00. The molecule has 3 nitrogen and oxygen atoms in total. The zero-order valence-corrected chi connectivity index (χ0v) is 7.60. The first-order chi connectivity index (χ1) is 5.57. The van der Waals surface area contributed by atoms with E-state index in [9.17, 15) is 9.59 Å². The fourth-order valence-corrected chi connectivity index (χ4v) is 0.529. The second-order valence-electron chi connectivity index (χ2n) is 2.68. The largest absolute Gasteiger partial charge is 0.338 e. The molecule has 0 spiro atoms. The number of amides is 1. The summed E-state index contributed by atoms with van der Waals surface area (Å²) in [5, 5.41) is 2.40. The highest BCUT2D eigenvalue weighted by Gasteiger charge is 2.07. The third-order valence-corrected chi connectivity index (χ3v) is 1.31. The van der Waals surface area contributed by atoms with Crippen molar-refractivity contribution >= 4 is 11.7 Å². The lowest BCUT2D eigenvalue weighted by Gasteiger charge is -2.02. The van der Waals surface area contributed by atoms with Gasteiger partial charge >= 0.3 is 0 Å². The minimum atomic E-state index is -0.397. The zero-order chi connectivity index (χ0) is 9.56. The van der Waals surface area contributed by atoms with Crippen molar-refractivity contribution in [2.75, 3.05) is 6.54 Å². The lowest BCUT2D eigenvalue weighted by molar-refractivity contribution is -0.124. The van der Waals surface area contributed by atoms with Crippen molar-refractivity contribution in [1.29, 1.82) is 0 Å². The molecule has 1 amide bonds. The van der Waals surface area contributed by atoms with Crippen LogP contribution in [-0.2, 0) is 9.59 Å². The van der Waals surface area contributed by atoms with Crippen molar-refractivity contribution in [3.8, 4) is 11.8 Å². The van der Waals surface area contributed by atoms with Crippen LogP contribution in [0.15, 0.2) is 0 Å². The molecule has 0 heterocycles. The molecule has 0 aromatic rings. The molecule has 0 aliphatic rings. The molecule has 0 bridgehead atoms. The Balaban J connectivity index is 3.74. The van der Waals surface area contributed by atoms with E-state index in [0.717, 1.165) is 0 Å². The maximum absolute atomic E-state index is 11.0. The predicted octanol–water partition coefficient (Wildman–Crippen LogP) is 0.351. The molecule has 0 aliphatic carbocycles. The standard InChI is InChI=1S/C9H13NO2/c1-4-5-9(12)10-6-8(11)7(2)3/h7H,6H2,1-3H3,(H,10,12). The summed E-state index contributed by atoms with van der Waals surface area (Å²) in [5.74, 6) is 4.31. The third kappa shape index (κ3) is 4.51. The molecule has 0 aromatic carbocycles. The Bertz CT molecular complexity index is 233. The van der Waals surface area contributed by atoms with Crippen LogP contribution in [0.25, 0.3) is 0 Å². The van der Waals surface area contributed by atoms with E-state index in [1.165, 1.54) is 0 Å². The smallest absolute Gasteiger partial charge is 0.296 e. The lowest BCUT2D eigenvalue weighted by atomic mass is 10.1. The van der Waals surface area contributed by atoms with Gasteiger partial charge in [0.1, 0.15) is 0 Å². The number of Topliss-reactive ketones (excluding diaryl/α,β-unsaturated/α-hetero) is 1. The molecule has 0 fully saturated rings. The first-order valence-electron chi connectivity index (χ1n) is 3.81. The van der Waals surface area contributed by atoms with E-state index in [0.29, 0.717) is 0 Å². The van der Waals surface area contributed by atoms with Crippen molar-refractivity contribution in [3.05, 3.63) is 0 Å². The third-order valence-electron chi connectivity index (χ3n) is 1.31. The average molecular weight is 167 g/mol. The maximum Gasteiger partial charge on any atom is 0.296 e. The van der Waals surface area contributed by atoms with Gasteiger partial charge in [0, 0.05) is 5.92 Å². The molecule has 1 N–H and O–H groups in total. The van der Waals surface area contributed by atoms with Crippen LogP contribution in [0, 0.1) is 17.8 Å². The number of carbonyl (C=O) groups is 2. The second-order valence-corrected chi connectivity index (χ2v) is 2.68. The molecular formula is C9H13NO2. The van der Waals surface area contributed by atoms with Gasteiger partial charge in [-0.1, -0.05) is 19.8 Å². The summed E-state index contributed by atoms with van der Waals surface area (Å²) in [6.45, 7) is 5.23. The molecule has 3 heteroatoms. The minimum absolute atomic E-state index is 0.0150. The number of carbonyl (C=O) groups excluding carboxylic acids is 2. The van der Waals surface area contributed by atoms with Gasteiger partial charge in [0.05, 0.1) is 6.54 Å². The first kappa shape index (κ1) is 10.7. The molecule has 66 valence electrons. The molecule has 0 aromatic heterocycles. The Morgan fingerprint density at radius 2 is 2.00 bits per heavy atom. The molecule has 0 radical (unpaired) electrons. The number of rotatable bonds is 3. The van der Waals surface area contributed by atoms with Gasteiger partial charge in [-0.3, -0.25) is 9.59 Å². The second kappa shape index (κ2) is 5.36. The van der Waals surface area contributed by atoms with E-state index in [2.05, 4.69) is 17.2 Å². The summed E-state index contributed by atoms with van der Waals surface area (Å²) in [6.07, 6.45) is 0. The van der Waals surface area contributed by atoms with Gasteiger partial charge in [-0.2, -0.15) is 0 Å². The van der Waals surface area contributed by atoms with Gasteiger partial charge in [-0.05, 0) is 12.8 Å². The summed E-state index contributed by atoms with van der Waals surface area (Å²) >= 11 is 0. The molecule has 0 saturated carbocycles. The van der Waals surface area contributed by atoms with E-state index in [1.54, 1.807) is 20.8 Å². The number of nitrogens with one attached hydrogen (secondary N) is 1. The van der Waals surface area contributed by atoms with Gasteiger partial charge < -0.3 is 5.32 Å². The van der Waals surface area contributed by atoms with E-state index in [-0.39, 0.29) is 18.2 Å². The van der Waals surface area contributed by atoms with Crippen LogP contribution in [-0.4, -0.2) is 18.2 Å². The molecule has 12 heavy (non-hydrogen) atoms. The Hall–Kier alpha value is -1.30. The van der Waals surface area contributed by atoms with Gasteiger partial charge in [0.15, 0.2) is 5.78 Å². The zero-order valence-electron chi connectivity index (χ0n) is 7.60. The Labute approximate surface area is 72.5 Å². The van der Waals surface area contributed by atoms with E-state index in [1.807, 2.05) is 0 Å². The molecule has 0 atom stereocenters. The fourth-order valence-electron chi connectivity index (χ4n) is 0.529. The molecule has 0 saturated heterocycles. The number of ketones is 1. The van der Waals surface area contributed by atoms with Crippen molar-refractivity contribution in [2.24, 2.45) is 5.92 Å². The van der Waals surface area contributed by atoms with Crippen molar-refractivity contribution < 1.29 is 9.59 Å². The van der Waals surface area contributed by atoms with E-state index < -0.39 is 5.91 Å². The van der Waals surface area contributed by atoms with Crippen LogP contribution in [0.4, 0.5) is 0 Å². The van der Waals surface area contributed by atoms with Gasteiger partial charge in [0.2, 0.25) is 0 Å². The van der Waals surface area contributed by atoms with Crippen molar-refractivity contribution in [2.45, 2.75) is 20.8 Å². The fraction of sp³-hybridized carbons (Fsp3) is 0.556. The molecule has 0 aliphatic heterocycles. The normalized spacial score (nSPS) is 8.67. The van der Waals surface area contributed by atoms with E-state index in [4.69, 9.17) is 0 Å². The van der Waals surface area contributed by atoms with Crippen LogP contribution >= 0.6 is 0 Å². The van der Waals surface area contributed by atoms with Gasteiger partial charge in [-0.25, -0.2) is 0 Å². The van der Waals surface area contributed by atoms with Crippen molar-refractivity contribution in [1.82, 2.24) is 5.32 Å². The highest BCUT2D eigenvalue weighted by atomic mass is 16.2. The SMILES string of the molecule is CC#CC(=O)NCC(=O)C(C)C. The number of hydrogen-bond donors (Lipinski definition) is 1. The van der Waals surface area contributed by atoms with E-state index >= 15 is 0 Å². The van der Waals surface area contributed by atoms with Crippen LogP contribution in [0.2, 0.25) is 0 Å². The topological polar surface area (TPSA) is 46.2 Å². The monoisotopic (exact) mass is 167 g/mol. The molecule has 0 unspecified atom stereocenters. The van der Waals surface area contributed by atoms with Crippen molar-refractivity contribution in [3.63, 3.8) is 0 Å². The first-order valence-corrected chi connectivity index (χ1v) is 3.81.